The fourth-order valence-electron chi connectivity index (χ4n) is 1.83. The number of carbonyl (C=O) groups is 2. The Kier molecular flexibility index (Phi) is 7.22. The summed E-state index contributed by atoms with van der Waals surface area (Å²) in [6, 6.07) is 6.99. The summed E-state index contributed by atoms with van der Waals surface area (Å²) in [5.41, 5.74) is 2.11. The summed E-state index contributed by atoms with van der Waals surface area (Å²) in [6.45, 7) is 9.11. The molecule has 0 fully saturated rings. The van der Waals surface area contributed by atoms with Crippen LogP contribution in [0.2, 0.25) is 0 Å². The first kappa shape index (κ1) is 19.7. The van der Waals surface area contributed by atoms with Gasteiger partial charge in [0.15, 0.2) is 14.5 Å². The number of hydrogen-bond acceptors (Lipinski definition) is 7. The van der Waals surface area contributed by atoms with Crippen molar-refractivity contribution in [2.24, 2.45) is 0 Å². The van der Waals surface area contributed by atoms with Crippen LogP contribution in [0.5, 0.6) is 0 Å². The van der Waals surface area contributed by atoms with Gasteiger partial charge < -0.3 is 5.32 Å². The van der Waals surface area contributed by atoms with Crippen LogP contribution in [0, 0.1) is 0 Å². The number of rotatable bonds is 8. The first-order chi connectivity index (χ1) is 11.9. The van der Waals surface area contributed by atoms with Crippen LogP contribution in [-0.2, 0) is 4.79 Å². The Labute approximate surface area is 159 Å². The van der Waals surface area contributed by atoms with Crippen LogP contribution in [0.25, 0.3) is 0 Å². The summed E-state index contributed by atoms with van der Waals surface area (Å²) in [6.07, 6.45) is 0. The number of anilines is 1. The molecule has 1 N–H and O–H groups in total. The molecule has 0 unspecified atom stereocenters. The third-order valence-electron chi connectivity index (χ3n) is 3.04. The van der Waals surface area contributed by atoms with Crippen LogP contribution in [0.15, 0.2) is 45.1 Å². The highest BCUT2D eigenvalue weighted by Crippen LogP contribution is 2.32. The van der Waals surface area contributed by atoms with E-state index in [0.717, 1.165) is 20.0 Å². The number of benzene rings is 1. The molecule has 1 aromatic heterocycles. The maximum Gasteiger partial charge on any atom is 0.237 e. The van der Waals surface area contributed by atoms with E-state index in [1.54, 1.807) is 43.0 Å². The average molecular weight is 394 g/mol. The van der Waals surface area contributed by atoms with Gasteiger partial charge in [-0.1, -0.05) is 59.1 Å². The maximum absolute atomic E-state index is 12.4. The normalized spacial score (nSPS) is 11.8. The molecule has 2 rings (SSSR count). The molecule has 2 aromatic rings. The molecule has 0 saturated carbocycles. The molecule has 8 heteroatoms. The van der Waals surface area contributed by atoms with Gasteiger partial charge in [-0.05, 0) is 32.9 Å². The number of amides is 1. The summed E-state index contributed by atoms with van der Waals surface area (Å²) >= 11 is 4.40. The number of para-hydroxylation sites is 1. The molecular weight excluding hydrogens is 374 g/mol. The molecule has 1 atom stereocenters. The Morgan fingerprint density at radius 1 is 1.24 bits per heavy atom. The lowest BCUT2D eigenvalue weighted by atomic mass is 10.1. The fraction of sp³-hybridized carbons (Fsp3) is 0.294. The van der Waals surface area contributed by atoms with Gasteiger partial charge in [-0.2, -0.15) is 0 Å². The third-order valence-corrected chi connectivity index (χ3v) is 6.51. The third kappa shape index (κ3) is 5.98. The van der Waals surface area contributed by atoms with Crippen molar-refractivity contribution < 1.29 is 9.59 Å². The molecule has 0 aliphatic heterocycles. The Morgan fingerprint density at radius 3 is 2.60 bits per heavy atom. The van der Waals surface area contributed by atoms with E-state index >= 15 is 0 Å². The van der Waals surface area contributed by atoms with Gasteiger partial charge in [0, 0.05) is 11.3 Å². The van der Waals surface area contributed by atoms with E-state index in [-0.39, 0.29) is 16.9 Å². The molecule has 0 aliphatic rings. The molecule has 1 amide bonds. The van der Waals surface area contributed by atoms with E-state index in [0.29, 0.717) is 11.3 Å². The van der Waals surface area contributed by atoms with E-state index in [2.05, 4.69) is 22.1 Å². The molecule has 5 nitrogen and oxygen atoms in total. The quantitative estimate of drug-likeness (QED) is 0.404. The van der Waals surface area contributed by atoms with Gasteiger partial charge in [0.2, 0.25) is 5.91 Å². The zero-order valence-electron chi connectivity index (χ0n) is 14.2. The predicted molar refractivity (Wildman–Crippen MR) is 106 cm³/mol. The van der Waals surface area contributed by atoms with Crippen LogP contribution < -0.4 is 5.32 Å². The van der Waals surface area contributed by atoms with Crippen LogP contribution in [0.1, 0.15) is 31.1 Å². The highest BCUT2D eigenvalue weighted by atomic mass is 32.2. The number of nitrogens with one attached hydrogen (secondary N) is 1. The number of carbonyl (C=O) groups excluding carboxylic acids is 2. The van der Waals surface area contributed by atoms with Gasteiger partial charge in [0.25, 0.3) is 0 Å². The SMILES string of the molecule is C=C(C)CSc1nnc(S[C@@H](C)C(=O)Nc2ccccc2C(C)=O)s1. The van der Waals surface area contributed by atoms with Crippen LogP contribution in [0.4, 0.5) is 5.69 Å². The summed E-state index contributed by atoms with van der Waals surface area (Å²) in [5.74, 6) is 0.543. The summed E-state index contributed by atoms with van der Waals surface area (Å²) < 4.78 is 1.60. The minimum atomic E-state index is -0.355. The highest BCUT2D eigenvalue weighted by Gasteiger charge is 2.19. The first-order valence-corrected chi connectivity index (χ1v) is 10.2. The topological polar surface area (TPSA) is 72.0 Å². The molecule has 0 spiro atoms. The molecule has 0 radical (unpaired) electrons. The summed E-state index contributed by atoms with van der Waals surface area (Å²) in [5, 5.41) is 10.7. The molecule has 25 heavy (non-hydrogen) atoms. The maximum atomic E-state index is 12.4. The standard InChI is InChI=1S/C17H19N3O2S3/c1-10(2)9-23-16-19-20-17(25-16)24-12(4)15(22)18-14-8-6-5-7-13(14)11(3)21/h5-8,12H,1,9H2,2-4H3,(H,18,22)/t12-/m0/s1. The van der Waals surface area contributed by atoms with Gasteiger partial charge in [-0.3, -0.25) is 9.59 Å². The van der Waals surface area contributed by atoms with Crippen molar-refractivity contribution in [3.8, 4) is 0 Å². The van der Waals surface area contributed by atoms with Crippen molar-refractivity contribution in [2.75, 3.05) is 11.1 Å². The summed E-state index contributed by atoms with van der Waals surface area (Å²) in [4.78, 5) is 24.0. The molecular formula is C17H19N3O2S3. The monoisotopic (exact) mass is 393 g/mol. The second kappa shape index (κ2) is 9.17. The number of thioether (sulfide) groups is 2. The lowest BCUT2D eigenvalue weighted by Crippen LogP contribution is -2.23. The Morgan fingerprint density at radius 2 is 1.92 bits per heavy atom. The molecule has 132 valence electrons. The van der Waals surface area contributed by atoms with Crippen LogP contribution in [-0.4, -0.2) is 32.9 Å². The molecule has 0 aliphatic carbocycles. The van der Waals surface area contributed by atoms with Crippen molar-refractivity contribution in [1.82, 2.24) is 10.2 Å². The number of Topliss-reactive ketones (excluding diaryl/α,β-unsaturated/α-hetero) is 1. The largest absolute Gasteiger partial charge is 0.324 e. The van der Waals surface area contributed by atoms with Crippen LogP contribution in [0.3, 0.4) is 0 Å². The van der Waals surface area contributed by atoms with E-state index in [1.807, 2.05) is 6.92 Å². The van der Waals surface area contributed by atoms with Crippen molar-refractivity contribution in [3.05, 3.63) is 42.0 Å². The second-order valence-corrected chi connectivity index (χ2v) is 9.22. The smallest absolute Gasteiger partial charge is 0.237 e. The lowest BCUT2D eigenvalue weighted by molar-refractivity contribution is -0.115. The number of hydrogen-bond donors (Lipinski definition) is 1. The van der Waals surface area contributed by atoms with Crippen molar-refractivity contribution in [1.29, 1.82) is 0 Å². The lowest BCUT2D eigenvalue weighted by Gasteiger charge is -2.12. The molecule has 1 aromatic carbocycles. The van der Waals surface area contributed by atoms with Gasteiger partial charge >= 0.3 is 0 Å². The Balaban J connectivity index is 1.97. The van der Waals surface area contributed by atoms with Gasteiger partial charge in [0.05, 0.1) is 10.9 Å². The molecule has 0 bridgehead atoms. The van der Waals surface area contributed by atoms with E-state index in [9.17, 15) is 9.59 Å². The van der Waals surface area contributed by atoms with E-state index < -0.39 is 0 Å². The zero-order valence-corrected chi connectivity index (χ0v) is 16.7. The zero-order chi connectivity index (χ0) is 18.4. The number of nitrogens with zero attached hydrogens (tertiary/aromatic N) is 2. The van der Waals surface area contributed by atoms with Gasteiger partial charge in [0.1, 0.15) is 0 Å². The van der Waals surface area contributed by atoms with Crippen molar-refractivity contribution >= 4 is 52.2 Å². The highest BCUT2D eigenvalue weighted by molar-refractivity contribution is 8.04. The van der Waals surface area contributed by atoms with E-state index in [1.165, 1.54) is 30.0 Å². The van der Waals surface area contributed by atoms with Crippen molar-refractivity contribution in [2.45, 2.75) is 34.7 Å². The number of aromatic nitrogens is 2. The van der Waals surface area contributed by atoms with Gasteiger partial charge in [-0.25, -0.2) is 0 Å². The van der Waals surface area contributed by atoms with Crippen LogP contribution >= 0.6 is 34.9 Å². The van der Waals surface area contributed by atoms with Crippen molar-refractivity contribution in [3.63, 3.8) is 0 Å². The van der Waals surface area contributed by atoms with E-state index in [4.69, 9.17) is 0 Å². The fourth-order valence-corrected chi connectivity index (χ4v) is 4.83. The van der Waals surface area contributed by atoms with Gasteiger partial charge in [-0.15, -0.1) is 10.2 Å². The number of ketones is 1. The first-order valence-electron chi connectivity index (χ1n) is 7.55. The Hall–Kier alpha value is -1.64. The Bertz CT molecular complexity index is 789. The second-order valence-electron chi connectivity index (χ2n) is 5.43. The molecule has 0 saturated heterocycles. The minimum Gasteiger partial charge on any atom is -0.324 e. The predicted octanol–water partition coefficient (Wildman–Crippen LogP) is 4.53. The summed E-state index contributed by atoms with van der Waals surface area (Å²) in [7, 11) is 0. The minimum absolute atomic E-state index is 0.0838. The molecule has 1 heterocycles. The average Bonchev–Trinajstić information content (AvgIpc) is 3.00.